The summed E-state index contributed by atoms with van der Waals surface area (Å²) in [6.07, 6.45) is -2.94. The summed E-state index contributed by atoms with van der Waals surface area (Å²) in [5.41, 5.74) is -0.689. The number of hydrogen-bond donors (Lipinski definition) is 2. The van der Waals surface area contributed by atoms with E-state index in [1.54, 1.807) is 0 Å². The smallest absolute Gasteiger partial charge is 0.365 e. The van der Waals surface area contributed by atoms with Crippen LogP contribution in [0.25, 0.3) is 0 Å². The third-order valence-corrected chi connectivity index (χ3v) is 4.51. The number of anilines is 1. The Hall–Kier alpha value is -1.42. The van der Waals surface area contributed by atoms with Gasteiger partial charge in [0.15, 0.2) is 5.82 Å². The van der Waals surface area contributed by atoms with Crippen LogP contribution < -0.4 is 10.5 Å². The maximum atomic E-state index is 13.0. The van der Waals surface area contributed by atoms with Crippen molar-refractivity contribution >= 4 is 15.8 Å². The van der Waals surface area contributed by atoms with Crippen molar-refractivity contribution in [1.29, 1.82) is 0 Å². The van der Waals surface area contributed by atoms with E-state index >= 15 is 0 Å². The van der Waals surface area contributed by atoms with Crippen LogP contribution in [0.4, 0.5) is 19.0 Å². The lowest BCUT2D eigenvalue weighted by atomic mass is 10.1. The average Bonchev–Trinajstić information content (AvgIpc) is 2.75. The first kappa shape index (κ1) is 16.9. The van der Waals surface area contributed by atoms with E-state index in [4.69, 9.17) is 5.14 Å². The Kier molecular flexibility index (Phi) is 4.62. The second kappa shape index (κ2) is 5.99. The van der Waals surface area contributed by atoms with Crippen LogP contribution in [0.3, 0.4) is 0 Å². The van der Waals surface area contributed by atoms with Crippen molar-refractivity contribution in [3.05, 3.63) is 17.3 Å². The lowest BCUT2D eigenvalue weighted by molar-refractivity contribution is -0.137. The average molecular weight is 338 g/mol. The quantitative estimate of drug-likeness (QED) is 0.870. The molecule has 0 radical (unpaired) electrons. The SMILES string of the molecule is Cc1cc(C(F)(F)F)c(N[C@@H]2CC[C@H](CS(N)(=O)=O)C2)nn1. The highest BCUT2D eigenvalue weighted by Crippen LogP contribution is 2.36. The van der Waals surface area contributed by atoms with Gasteiger partial charge in [-0.25, -0.2) is 13.6 Å². The molecular weight excluding hydrogens is 321 g/mol. The Balaban J connectivity index is 2.09. The van der Waals surface area contributed by atoms with Crippen LogP contribution in [0.15, 0.2) is 6.07 Å². The minimum atomic E-state index is -4.53. The molecule has 0 amide bonds. The summed E-state index contributed by atoms with van der Waals surface area (Å²) < 4.78 is 61.1. The van der Waals surface area contributed by atoms with Gasteiger partial charge in [0.2, 0.25) is 10.0 Å². The molecule has 2 rings (SSSR count). The van der Waals surface area contributed by atoms with Crippen molar-refractivity contribution in [1.82, 2.24) is 10.2 Å². The first-order valence-corrected chi connectivity index (χ1v) is 8.44. The normalized spacial score (nSPS) is 22.8. The van der Waals surface area contributed by atoms with E-state index in [2.05, 4.69) is 15.5 Å². The van der Waals surface area contributed by atoms with Crippen LogP contribution in [-0.2, 0) is 16.2 Å². The van der Waals surface area contributed by atoms with Gasteiger partial charge in [0.05, 0.1) is 11.4 Å². The van der Waals surface area contributed by atoms with Crippen LogP contribution in [0.5, 0.6) is 0 Å². The number of nitrogens with one attached hydrogen (secondary N) is 1. The molecule has 0 spiro atoms. The minimum absolute atomic E-state index is 0.153. The lowest BCUT2D eigenvalue weighted by Gasteiger charge is -2.17. The molecule has 0 aromatic carbocycles. The van der Waals surface area contributed by atoms with Crippen molar-refractivity contribution in [2.45, 2.75) is 38.4 Å². The van der Waals surface area contributed by atoms with Gasteiger partial charge >= 0.3 is 6.18 Å². The molecule has 0 unspecified atom stereocenters. The molecule has 6 nitrogen and oxygen atoms in total. The third-order valence-electron chi connectivity index (χ3n) is 3.57. The number of aryl methyl sites for hydroxylation is 1. The fourth-order valence-corrected chi connectivity index (χ4v) is 3.65. The van der Waals surface area contributed by atoms with Gasteiger partial charge in [-0.2, -0.15) is 18.3 Å². The minimum Gasteiger partial charge on any atom is -0.365 e. The van der Waals surface area contributed by atoms with Crippen LogP contribution in [0, 0.1) is 12.8 Å². The summed E-state index contributed by atoms with van der Waals surface area (Å²) in [5, 5.41) is 15.0. The van der Waals surface area contributed by atoms with Gasteiger partial charge in [0.25, 0.3) is 0 Å². The summed E-state index contributed by atoms with van der Waals surface area (Å²) >= 11 is 0. The van der Waals surface area contributed by atoms with Gasteiger partial charge in [-0.3, -0.25) is 0 Å². The summed E-state index contributed by atoms with van der Waals surface area (Å²) in [4.78, 5) is 0. The Morgan fingerprint density at radius 2 is 2.05 bits per heavy atom. The molecule has 10 heteroatoms. The number of primary sulfonamides is 1. The maximum absolute atomic E-state index is 13.0. The lowest BCUT2D eigenvalue weighted by Crippen LogP contribution is -2.24. The first-order valence-electron chi connectivity index (χ1n) is 6.73. The second-order valence-corrected chi connectivity index (χ2v) is 7.25. The number of halogens is 3. The van der Waals surface area contributed by atoms with Crippen molar-refractivity contribution in [3.8, 4) is 0 Å². The molecule has 1 saturated carbocycles. The molecule has 1 heterocycles. The molecule has 124 valence electrons. The number of aromatic nitrogens is 2. The van der Waals surface area contributed by atoms with Crippen LogP contribution in [0.1, 0.15) is 30.5 Å². The Morgan fingerprint density at radius 1 is 1.36 bits per heavy atom. The van der Waals surface area contributed by atoms with E-state index in [1.165, 1.54) is 6.92 Å². The summed E-state index contributed by atoms with van der Waals surface area (Å²) in [7, 11) is -3.58. The zero-order chi connectivity index (χ0) is 16.5. The van der Waals surface area contributed by atoms with Crippen molar-refractivity contribution in [3.63, 3.8) is 0 Å². The Bertz CT molecular complexity index is 648. The number of nitrogens with zero attached hydrogens (tertiary/aromatic N) is 2. The maximum Gasteiger partial charge on any atom is 0.420 e. The van der Waals surface area contributed by atoms with E-state index < -0.39 is 21.8 Å². The van der Waals surface area contributed by atoms with Crippen LogP contribution in [0.2, 0.25) is 0 Å². The van der Waals surface area contributed by atoms with E-state index in [9.17, 15) is 21.6 Å². The van der Waals surface area contributed by atoms with Crippen LogP contribution >= 0.6 is 0 Å². The molecule has 1 fully saturated rings. The van der Waals surface area contributed by atoms with E-state index in [0.717, 1.165) is 6.07 Å². The molecule has 1 aliphatic carbocycles. The predicted octanol–water partition coefficient (Wildman–Crippen LogP) is 1.67. The van der Waals surface area contributed by atoms with Crippen molar-refractivity contribution in [2.75, 3.05) is 11.1 Å². The number of alkyl halides is 3. The van der Waals surface area contributed by atoms with E-state index in [1.807, 2.05) is 0 Å². The number of rotatable bonds is 4. The first-order chi connectivity index (χ1) is 10.0. The van der Waals surface area contributed by atoms with Gasteiger partial charge in [-0.1, -0.05) is 0 Å². The molecule has 1 aliphatic rings. The Labute approximate surface area is 126 Å². The summed E-state index contributed by atoms with van der Waals surface area (Å²) in [5.74, 6) is -0.628. The van der Waals surface area contributed by atoms with Gasteiger partial charge in [-0.05, 0) is 38.2 Å². The highest BCUT2D eigenvalue weighted by atomic mass is 32.2. The molecule has 3 N–H and O–H groups in total. The molecule has 0 saturated heterocycles. The molecule has 1 aromatic rings. The standard InChI is InChI=1S/C12H17F3N4O2S/c1-7-4-10(12(13,14)15)11(19-18-7)17-9-3-2-8(5-9)6-22(16,20)21/h4,8-9H,2-3,5-6H2,1H3,(H,17,19)(H2,16,20,21)/t8-,9+/m0/s1. The predicted molar refractivity (Wildman–Crippen MR) is 74.5 cm³/mol. The van der Waals surface area contributed by atoms with E-state index in [0.29, 0.717) is 19.3 Å². The molecule has 22 heavy (non-hydrogen) atoms. The van der Waals surface area contributed by atoms with Gasteiger partial charge in [0.1, 0.15) is 5.56 Å². The zero-order valence-corrected chi connectivity index (χ0v) is 12.7. The molecule has 2 atom stereocenters. The second-order valence-electron chi connectivity index (χ2n) is 5.60. The highest BCUT2D eigenvalue weighted by molar-refractivity contribution is 7.89. The monoisotopic (exact) mass is 338 g/mol. The summed E-state index contributed by atoms with van der Waals surface area (Å²) in [6.45, 7) is 1.43. The van der Waals surface area contributed by atoms with Gasteiger partial charge < -0.3 is 5.32 Å². The highest BCUT2D eigenvalue weighted by Gasteiger charge is 2.36. The Morgan fingerprint density at radius 3 is 2.64 bits per heavy atom. The molecule has 0 aliphatic heterocycles. The van der Waals surface area contributed by atoms with E-state index in [-0.39, 0.29) is 29.2 Å². The fraction of sp³-hybridized carbons (Fsp3) is 0.667. The fourth-order valence-electron chi connectivity index (χ4n) is 2.69. The largest absolute Gasteiger partial charge is 0.420 e. The number of nitrogens with two attached hydrogens (primary N) is 1. The molecular formula is C12H17F3N4O2S. The van der Waals surface area contributed by atoms with Crippen LogP contribution in [-0.4, -0.2) is 30.4 Å². The summed E-state index contributed by atoms with van der Waals surface area (Å²) in [6, 6.07) is 0.663. The number of sulfonamides is 1. The van der Waals surface area contributed by atoms with Gasteiger partial charge in [0, 0.05) is 6.04 Å². The molecule has 0 bridgehead atoms. The van der Waals surface area contributed by atoms with Crippen molar-refractivity contribution in [2.24, 2.45) is 11.1 Å². The van der Waals surface area contributed by atoms with Crippen molar-refractivity contribution < 1.29 is 21.6 Å². The molecule has 1 aromatic heterocycles. The van der Waals surface area contributed by atoms with Gasteiger partial charge in [-0.15, -0.1) is 5.10 Å². The number of hydrogen-bond acceptors (Lipinski definition) is 5. The topological polar surface area (TPSA) is 98.0 Å². The third kappa shape index (κ3) is 4.54. The zero-order valence-electron chi connectivity index (χ0n) is 11.9.